The topological polar surface area (TPSA) is 99.7 Å². The number of ether oxygens (including phenoxy) is 1. The Balaban J connectivity index is 2.09. The summed E-state index contributed by atoms with van der Waals surface area (Å²) in [5, 5.41) is 10.8. The van der Waals surface area contributed by atoms with Crippen LogP contribution in [0.5, 0.6) is 5.75 Å². The predicted octanol–water partition coefficient (Wildman–Crippen LogP) is 4.25. The summed E-state index contributed by atoms with van der Waals surface area (Å²) in [6.45, 7) is 0.254. The molecule has 4 N–H and O–H groups in total. The van der Waals surface area contributed by atoms with Crippen LogP contribution in [0.2, 0.25) is 5.02 Å². The van der Waals surface area contributed by atoms with Crippen LogP contribution < -0.4 is 20.9 Å². The lowest BCUT2D eigenvalue weighted by molar-refractivity contribution is -0.274. The van der Waals surface area contributed by atoms with Crippen molar-refractivity contribution < 1.29 is 45.8 Å². The number of para-hydroxylation sites is 2. The van der Waals surface area contributed by atoms with Crippen LogP contribution in [0, 0.1) is 0 Å². The minimum absolute atomic E-state index is 0.155. The molecule has 1 atom stereocenters. The Bertz CT molecular complexity index is 1010. The molecule has 2 rings (SSSR count). The number of amides is 2. The minimum atomic E-state index is -5.25. The average Bonchev–Trinajstić information content (AvgIpc) is 2.66. The van der Waals surface area contributed by atoms with Gasteiger partial charge in [-0.15, -0.1) is 13.2 Å². The Hall–Kier alpha value is -3.19. The number of hydrogen-bond donors (Lipinski definition) is 4. The van der Waals surface area contributed by atoms with Gasteiger partial charge in [0.25, 0.3) is 11.8 Å². The van der Waals surface area contributed by atoms with Gasteiger partial charge in [-0.2, -0.15) is 13.2 Å². The maximum absolute atomic E-state index is 12.7. The highest BCUT2D eigenvalue weighted by atomic mass is 35.5. The number of hydrogen-bond acceptors (Lipinski definition) is 5. The molecule has 0 bridgehead atoms. The molecule has 7 nitrogen and oxygen atoms in total. The smallest absolute Gasteiger partial charge is 0.404 e. The van der Waals surface area contributed by atoms with Crippen LogP contribution in [0.3, 0.4) is 0 Å². The Morgan fingerprint density at radius 3 is 2.19 bits per heavy atom. The van der Waals surface area contributed by atoms with Gasteiger partial charge >= 0.3 is 12.5 Å². The Kier molecular flexibility index (Phi) is 7.15. The molecule has 174 valence electrons. The van der Waals surface area contributed by atoms with E-state index in [1.165, 1.54) is 18.2 Å². The van der Waals surface area contributed by atoms with Crippen molar-refractivity contribution in [2.45, 2.75) is 25.1 Å². The number of nitrogens with one attached hydrogen (secondary N) is 3. The number of hydrazine groups is 1. The van der Waals surface area contributed by atoms with Crippen molar-refractivity contribution in [3.05, 3.63) is 53.1 Å². The maximum atomic E-state index is 12.7. The standard InChI is InChI=1S/C18H14ClF6N3O4/c1-16(31,17(20,21)22)15(30)26-11-7-6-9(8-10(11)19)14(29)28-27-12-4-2-3-5-13(12)32-18(23,24)25/h2-8,27,31H,1H3,(H,26,30)(H,28,29). The van der Waals surface area contributed by atoms with E-state index in [0.717, 1.165) is 24.3 Å². The third-order valence-corrected chi connectivity index (χ3v) is 4.21. The molecule has 0 aliphatic carbocycles. The van der Waals surface area contributed by atoms with Gasteiger partial charge in [0, 0.05) is 5.56 Å². The first kappa shape index (κ1) is 25.1. The van der Waals surface area contributed by atoms with Gasteiger partial charge in [-0.05, 0) is 37.3 Å². The van der Waals surface area contributed by atoms with Crippen LogP contribution >= 0.6 is 11.6 Å². The van der Waals surface area contributed by atoms with Gasteiger partial charge in [0.1, 0.15) is 0 Å². The molecule has 0 heterocycles. The zero-order valence-electron chi connectivity index (χ0n) is 15.9. The molecule has 2 amide bonds. The number of rotatable bonds is 6. The second-order valence-corrected chi connectivity index (χ2v) is 6.75. The van der Waals surface area contributed by atoms with E-state index in [4.69, 9.17) is 11.6 Å². The number of aliphatic hydroxyl groups is 1. The summed E-state index contributed by atoms with van der Waals surface area (Å²) in [4.78, 5) is 23.9. The molecule has 0 aromatic heterocycles. The lowest BCUT2D eigenvalue weighted by Crippen LogP contribution is -2.52. The summed E-state index contributed by atoms with van der Waals surface area (Å²) < 4.78 is 79.3. The van der Waals surface area contributed by atoms with E-state index < -0.39 is 35.7 Å². The van der Waals surface area contributed by atoms with Crippen LogP contribution in [0.1, 0.15) is 17.3 Å². The lowest BCUT2D eigenvalue weighted by atomic mass is 10.1. The molecule has 0 saturated carbocycles. The molecule has 0 radical (unpaired) electrons. The normalized spacial score (nSPS) is 13.7. The van der Waals surface area contributed by atoms with Gasteiger partial charge in [-0.3, -0.25) is 20.4 Å². The summed E-state index contributed by atoms with van der Waals surface area (Å²) in [5.41, 5.74) is -0.0484. The first-order chi connectivity index (χ1) is 14.6. The minimum Gasteiger partial charge on any atom is -0.404 e. The first-order valence-electron chi connectivity index (χ1n) is 8.43. The van der Waals surface area contributed by atoms with Gasteiger partial charge in [0.05, 0.1) is 16.4 Å². The van der Waals surface area contributed by atoms with Crippen molar-refractivity contribution in [3.8, 4) is 5.75 Å². The Morgan fingerprint density at radius 2 is 1.62 bits per heavy atom. The second kappa shape index (κ2) is 9.12. The summed E-state index contributed by atoms with van der Waals surface area (Å²) in [5.74, 6) is -3.30. The first-order valence-corrected chi connectivity index (χ1v) is 8.81. The van der Waals surface area contributed by atoms with Crippen molar-refractivity contribution in [2.24, 2.45) is 0 Å². The third-order valence-electron chi connectivity index (χ3n) is 3.90. The zero-order chi connectivity index (χ0) is 24.3. The molecule has 0 saturated heterocycles. The average molecular weight is 486 g/mol. The number of benzene rings is 2. The van der Waals surface area contributed by atoms with Crippen LogP contribution in [0.25, 0.3) is 0 Å². The Labute approximate surface area is 181 Å². The predicted molar refractivity (Wildman–Crippen MR) is 101 cm³/mol. The van der Waals surface area contributed by atoms with Crippen molar-refractivity contribution in [1.29, 1.82) is 0 Å². The third kappa shape index (κ3) is 6.17. The van der Waals surface area contributed by atoms with E-state index in [1.54, 1.807) is 5.32 Å². The van der Waals surface area contributed by atoms with Gasteiger partial charge in [-0.1, -0.05) is 23.7 Å². The van der Waals surface area contributed by atoms with Crippen molar-refractivity contribution in [3.63, 3.8) is 0 Å². The van der Waals surface area contributed by atoms with Crippen LogP contribution in [0.4, 0.5) is 37.7 Å². The molecule has 32 heavy (non-hydrogen) atoms. The molecule has 0 fully saturated rings. The van der Waals surface area contributed by atoms with Gasteiger partial charge < -0.3 is 15.2 Å². The van der Waals surface area contributed by atoms with E-state index in [1.807, 2.05) is 0 Å². The van der Waals surface area contributed by atoms with Crippen molar-refractivity contribution in [1.82, 2.24) is 5.43 Å². The number of alkyl halides is 6. The number of halogens is 7. The van der Waals surface area contributed by atoms with Crippen molar-refractivity contribution in [2.75, 3.05) is 10.7 Å². The van der Waals surface area contributed by atoms with Gasteiger partial charge in [0.2, 0.25) is 5.60 Å². The fourth-order valence-corrected chi connectivity index (χ4v) is 2.34. The van der Waals surface area contributed by atoms with E-state index in [9.17, 15) is 41.0 Å². The summed E-state index contributed by atoms with van der Waals surface area (Å²) in [6.07, 6.45) is -10.2. The molecule has 0 spiro atoms. The van der Waals surface area contributed by atoms with Crippen LogP contribution in [-0.4, -0.2) is 35.1 Å². The van der Waals surface area contributed by atoms with E-state index in [-0.39, 0.29) is 28.9 Å². The maximum Gasteiger partial charge on any atom is 0.573 e. The lowest BCUT2D eigenvalue weighted by Gasteiger charge is -2.25. The zero-order valence-corrected chi connectivity index (χ0v) is 16.6. The summed E-state index contributed by atoms with van der Waals surface area (Å²) in [6, 6.07) is 7.90. The largest absolute Gasteiger partial charge is 0.573 e. The fraction of sp³-hybridized carbons (Fsp3) is 0.222. The molecular formula is C18H14ClF6N3O4. The molecule has 0 aliphatic rings. The molecule has 14 heteroatoms. The molecule has 1 unspecified atom stereocenters. The highest BCUT2D eigenvalue weighted by molar-refractivity contribution is 6.34. The monoisotopic (exact) mass is 485 g/mol. The molecule has 2 aromatic carbocycles. The van der Waals surface area contributed by atoms with Crippen LogP contribution in [-0.2, 0) is 4.79 Å². The Morgan fingerprint density at radius 1 is 1.00 bits per heavy atom. The summed E-state index contributed by atoms with van der Waals surface area (Å²) in [7, 11) is 0. The molecule has 0 aliphatic heterocycles. The number of anilines is 2. The van der Waals surface area contributed by atoms with Crippen LogP contribution in [0.15, 0.2) is 42.5 Å². The summed E-state index contributed by atoms with van der Waals surface area (Å²) >= 11 is 5.87. The highest BCUT2D eigenvalue weighted by Crippen LogP contribution is 2.32. The molecular weight excluding hydrogens is 472 g/mol. The van der Waals surface area contributed by atoms with Gasteiger partial charge in [0.15, 0.2) is 5.75 Å². The fourth-order valence-electron chi connectivity index (χ4n) is 2.11. The number of carbonyl (C=O) groups excluding carboxylic acids is 2. The van der Waals surface area contributed by atoms with E-state index in [2.05, 4.69) is 15.6 Å². The molecule has 2 aromatic rings. The highest BCUT2D eigenvalue weighted by Gasteiger charge is 2.55. The number of carbonyl (C=O) groups is 2. The SMILES string of the molecule is CC(O)(C(=O)Nc1ccc(C(=O)NNc2ccccc2OC(F)(F)F)cc1Cl)C(F)(F)F. The van der Waals surface area contributed by atoms with E-state index >= 15 is 0 Å². The quantitative estimate of drug-likeness (QED) is 0.362. The van der Waals surface area contributed by atoms with Gasteiger partial charge in [-0.25, -0.2) is 0 Å². The van der Waals surface area contributed by atoms with E-state index in [0.29, 0.717) is 0 Å². The second-order valence-electron chi connectivity index (χ2n) is 6.34. The van der Waals surface area contributed by atoms with Crippen molar-refractivity contribution >= 4 is 34.8 Å².